The zero-order valence-electron chi connectivity index (χ0n) is 32.7. The van der Waals surface area contributed by atoms with Gasteiger partial charge in [0, 0.05) is 10.8 Å². The van der Waals surface area contributed by atoms with Crippen molar-refractivity contribution in [2.75, 3.05) is 0 Å². The quantitative estimate of drug-likeness (QED) is 0.147. The lowest BCUT2D eigenvalue weighted by Crippen LogP contribution is -1.91. The Morgan fingerprint density at radius 3 is 1.89 bits per heavy atom. The molecule has 1 nitrogen and oxygen atoms in total. The molecule has 45 heavy (non-hydrogen) atoms. The number of benzene rings is 9. The summed E-state index contributed by atoms with van der Waals surface area (Å²) in [5.74, 6) is 0. The normalized spacial score (nSPS) is 14.8. The molecule has 0 aliphatic rings. The van der Waals surface area contributed by atoms with Crippen LogP contribution in [0.1, 0.15) is 12.3 Å². The van der Waals surface area contributed by atoms with Gasteiger partial charge in [-0.3, -0.25) is 0 Å². The highest BCUT2D eigenvalue weighted by Gasteiger charge is 2.19. The van der Waals surface area contributed by atoms with Gasteiger partial charge in [0.1, 0.15) is 11.2 Å². The van der Waals surface area contributed by atoms with Gasteiger partial charge < -0.3 is 4.42 Å². The Hall–Kier alpha value is -5.92. The van der Waals surface area contributed by atoms with E-state index in [9.17, 15) is 4.11 Å². The summed E-state index contributed by atoms with van der Waals surface area (Å²) in [5, 5.41) is 7.65. The van der Waals surface area contributed by atoms with Crippen molar-refractivity contribution in [3.63, 3.8) is 0 Å². The van der Waals surface area contributed by atoms with Gasteiger partial charge in [0.05, 0.1) is 12.3 Å². The van der Waals surface area contributed by atoms with Crippen LogP contribution in [-0.2, 0) is 0 Å². The number of hydrogen-bond acceptors (Lipinski definition) is 1. The van der Waals surface area contributed by atoms with Crippen molar-refractivity contribution in [3.8, 4) is 22.3 Å². The Balaban J connectivity index is 1.35. The fourth-order valence-corrected chi connectivity index (χ4v) is 7.02. The molecule has 0 spiro atoms. The van der Waals surface area contributed by atoms with E-state index in [2.05, 4.69) is 42.5 Å². The van der Waals surface area contributed by atoms with E-state index in [0.717, 1.165) is 54.2 Å². The summed E-state index contributed by atoms with van der Waals surface area (Å²) in [6.07, 6.45) is 0. The molecule has 1 aromatic heterocycles. The van der Waals surface area contributed by atoms with Crippen LogP contribution in [0.2, 0.25) is 0 Å². The summed E-state index contributed by atoms with van der Waals surface area (Å²) in [7, 11) is 0. The van der Waals surface area contributed by atoms with Gasteiger partial charge in [0.25, 0.3) is 0 Å². The van der Waals surface area contributed by atoms with E-state index < -0.39 is 36.3 Å². The zero-order chi connectivity index (χ0) is 37.3. The lowest BCUT2D eigenvalue weighted by Gasteiger charge is -2.19. The van der Waals surface area contributed by atoms with Crippen LogP contribution in [0.25, 0.3) is 98.1 Å². The van der Waals surface area contributed by atoms with Crippen LogP contribution < -0.4 is 0 Å². The molecular formula is C44H26O. The van der Waals surface area contributed by atoms with Crippen LogP contribution in [0.4, 0.5) is 0 Å². The molecule has 10 rings (SSSR count). The second-order valence-corrected chi connectivity index (χ2v) is 11.3. The molecule has 0 amide bonds. The minimum absolute atomic E-state index is 0.000457. The van der Waals surface area contributed by atoms with Crippen molar-refractivity contribution in [2.24, 2.45) is 0 Å². The molecule has 0 saturated heterocycles. The van der Waals surface area contributed by atoms with Gasteiger partial charge in [-0.25, -0.2) is 0 Å². The molecule has 1 heterocycles. The Bertz CT molecular complexity index is 3270. The number of rotatable bonds is 2. The van der Waals surface area contributed by atoms with Crippen molar-refractivity contribution < 1.29 is 16.8 Å². The Labute approximate surface area is 272 Å². The lowest BCUT2D eigenvalue weighted by molar-refractivity contribution is 0.669. The first-order chi connectivity index (χ1) is 26.1. The number of fused-ring (bicyclic) bond motifs is 10. The predicted octanol–water partition coefficient (Wildman–Crippen LogP) is 12.7. The topological polar surface area (TPSA) is 13.1 Å². The molecule has 0 N–H and O–H groups in total. The van der Waals surface area contributed by atoms with Crippen LogP contribution in [0, 0.1) is 0 Å². The Morgan fingerprint density at radius 2 is 1.09 bits per heavy atom. The van der Waals surface area contributed by atoms with E-state index in [1.54, 1.807) is 0 Å². The highest BCUT2D eigenvalue weighted by Crippen LogP contribution is 2.46. The van der Waals surface area contributed by atoms with Gasteiger partial charge in [0.15, 0.2) is 0 Å². The molecule has 0 unspecified atom stereocenters. The first-order valence-corrected chi connectivity index (χ1v) is 14.8. The molecule has 10 aromatic rings. The van der Waals surface area contributed by atoms with Gasteiger partial charge >= 0.3 is 0 Å². The largest absolute Gasteiger partial charge is 0.456 e. The molecule has 0 atom stereocenters. The van der Waals surface area contributed by atoms with E-state index in [0.29, 0.717) is 5.56 Å². The molecule has 0 radical (unpaired) electrons. The Morgan fingerprint density at radius 1 is 0.400 bits per heavy atom. The molecular weight excluding hydrogens is 544 g/mol. The van der Waals surface area contributed by atoms with Crippen LogP contribution in [0.3, 0.4) is 0 Å². The molecule has 0 fully saturated rings. The maximum atomic E-state index is 9.65. The summed E-state index contributed by atoms with van der Waals surface area (Å²) < 4.78 is 86.2. The molecule has 0 bridgehead atoms. The van der Waals surface area contributed by atoms with Crippen LogP contribution in [-0.4, -0.2) is 0 Å². The second kappa shape index (κ2) is 9.29. The molecule has 1 heteroatoms. The lowest BCUT2D eigenvalue weighted by atomic mass is 9.84. The van der Waals surface area contributed by atoms with Crippen LogP contribution in [0.15, 0.2) is 162 Å². The van der Waals surface area contributed by atoms with Gasteiger partial charge in [0.2, 0.25) is 0 Å². The SMILES string of the molecule is [2H]c1c([2H])c([2H])c2c(c1[2H])c([2H])c([2H])c1oc3c([2H])c(-c4c5ccccc5c(-c5cccc6c5ccc5ccccc56)c5ccccc45)c([2H])c([2H])c3c12. The summed E-state index contributed by atoms with van der Waals surface area (Å²) in [6, 6.07) is 31.1. The summed E-state index contributed by atoms with van der Waals surface area (Å²) >= 11 is 0. The van der Waals surface area contributed by atoms with Gasteiger partial charge in [-0.15, -0.1) is 0 Å². The third-order valence-corrected chi connectivity index (χ3v) is 8.94. The minimum atomic E-state index is -0.539. The van der Waals surface area contributed by atoms with Crippen molar-refractivity contribution in [1.82, 2.24) is 0 Å². The fraction of sp³-hybridized carbons (Fsp3) is 0. The highest BCUT2D eigenvalue weighted by atomic mass is 16.3. The van der Waals surface area contributed by atoms with Crippen LogP contribution >= 0.6 is 0 Å². The van der Waals surface area contributed by atoms with E-state index >= 15 is 0 Å². The van der Waals surface area contributed by atoms with E-state index in [4.69, 9.17) is 12.6 Å². The van der Waals surface area contributed by atoms with Crippen molar-refractivity contribution in [2.45, 2.75) is 0 Å². The average Bonchev–Trinajstić information content (AvgIpc) is 3.60. The second-order valence-electron chi connectivity index (χ2n) is 11.3. The van der Waals surface area contributed by atoms with Crippen LogP contribution in [0.5, 0.6) is 0 Å². The molecule has 0 saturated carbocycles. The average molecular weight is 580 g/mol. The monoisotopic (exact) mass is 579 g/mol. The maximum Gasteiger partial charge on any atom is 0.136 e. The highest BCUT2D eigenvalue weighted by molar-refractivity contribution is 6.25. The van der Waals surface area contributed by atoms with Crippen molar-refractivity contribution >= 4 is 75.8 Å². The van der Waals surface area contributed by atoms with Gasteiger partial charge in [-0.2, -0.15) is 0 Å². The maximum absolute atomic E-state index is 9.65. The van der Waals surface area contributed by atoms with E-state index in [-0.39, 0.29) is 56.4 Å². The number of furan rings is 1. The van der Waals surface area contributed by atoms with E-state index in [1.807, 2.05) is 60.7 Å². The molecule has 0 aliphatic carbocycles. The smallest absolute Gasteiger partial charge is 0.136 e. The van der Waals surface area contributed by atoms with Crippen molar-refractivity contribution in [3.05, 3.63) is 158 Å². The minimum Gasteiger partial charge on any atom is -0.456 e. The van der Waals surface area contributed by atoms with Gasteiger partial charge in [-0.05, 0) is 94.2 Å². The first kappa shape index (κ1) is 17.4. The zero-order valence-corrected chi connectivity index (χ0v) is 23.7. The van der Waals surface area contributed by atoms with Gasteiger partial charge in [-0.1, -0.05) is 139 Å². The Kier molecular flexibility index (Phi) is 3.59. The fourth-order valence-electron chi connectivity index (χ4n) is 7.02. The summed E-state index contributed by atoms with van der Waals surface area (Å²) in [5.41, 5.74) is 2.53. The van der Waals surface area contributed by atoms with E-state index in [1.165, 1.54) is 0 Å². The molecule has 0 aliphatic heterocycles. The van der Waals surface area contributed by atoms with Crippen molar-refractivity contribution in [1.29, 1.82) is 0 Å². The predicted molar refractivity (Wildman–Crippen MR) is 192 cm³/mol. The standard InChI is InChI=1S/C44H26O/c1-3-12-30-27(10-1)20-23-33-32(30)18-9-19-34(33)43-37-16-7-5-14-35(37)42(36-15-6-8-17-38(36)43)29-21-24-39-41(26-29)45-40-25-22-28-11-2-4-13-31(28)44(39)40/h1-26H/i2D,4D,11D,13D,21D,22D,24D,25D,26D. The summed E-state index contributed by atoms with van der Waals surface area (Å²) in [6.45, 7) is 0. The molecule has 9 aromatic carbocycles. The third-order valence-electron chi connectivity index (χ3n) is 8.94. The third kappa shape index (κ3) is 3.50. The summed E-state index contributed by atoms with van der Waals surface area (Å²) in [4.78, 5) is 0. The molecule has 208 valence electrons. The number of hydrogen-bond donors (Lipinski definition) is 0. The first-order valence-electron chi connectivity index (χ1n) is 19.3.